The van der Waals surface area contributed by atoms with Crippen molar-refractivity contribution in [3.63, 3.8) is 0 Å². The van der Waals surface area contributed by atoms with E-state index in [1.54, 1.807) is 0 Å². The van der Waals surface area contributed by atoms with Crippen LogP contribution in [-0.4, -0.2) is 18.3 Å². The fraction of sp³-hybridized carbons (Fsp3) is 0.391. The summed E-state index contributed by atoms with van der Waals surface area (Å²) in [6.45, 7) is 12.8. The van der Waals surface area contributed by atoms with Crippen LogP contribution in [0.1, 0.15) is 45.7 Å². The van der Waals surface area contributed by atoms with Crippen molar-refractivity contribution in [2.75, 3.05) is 0 Å². The van der Waals surface area contributed by atoms with Gasteiger partial charge in [-0.2, -0.15) is 0 Å². The number of rotatable bonds is 2. The highest BCUT2D eigenvalue weighted by Gasteiger charge is 2.51. The maximum atomic E-state index is 6.29. The van der Waals surface area contributed by atoms with Crippen LogP contribution >= 0.6 is 0 Å². The number of hydrogen-bond acceptors (Lipinski definition) is 2. The van der Waals surface area contributed by atoms with Crippen LogP contribution < -0.4 is 5.46 Å². The lowest BCUT2D eigenvalue weighted by Gasteiger charge is -2.32. The molecule has 1 saturated heterocycles. The second kappa shape index (κ2) is 5.83. The predicted octanol–water partition coefficient (Wildman–Crippen LogP) is 5.16. The third-order valence-corrected chi connectivity index (χ3v) is 6.18. The Bertz CT molecular complexity index is 988. The molecule has 1 fully saturated rings. The largest absolute Gasteiger partial charge is 0.494 e. The van der Waals surface area contributed by atoms with Gasteiger partial charge in [0.2, 0.25) is 0 Å². The van der Waals surface area contributed by atoms with Gasteiger partial charge >= 0.3 is 7.12 Å². The van der Waals surface area contributed by atoms with E-state index in [0.29, 0.717) is 0 Å². The summed E-state index contributed by atoms with van der Waals surface area (Å²) in [5.74, 6) is 0. The molecule has 26 heavy (non-hydrogen) atoms. The zero-order valence-corrected chi connectivity index (χ0v) is 16.6. The molecule has 0 unspecified atom stereocenters. The summed E-state index contributed by atoms with van der Waals surface area (Å²) in [4.78, 5) is 0. The molecule has 3 aromatic rings. The summed E-state index contributed by atoms with van der Waals surface area (Å²) in [6.07, 6.45) is 0.983. The van der Waals surface area contributed by atoms with Gasteiger partial charge < -0.3 is 9.31 Å². The first-order valence-electron chi connectivity index (χ1n) is 9.54. The average Bonchev–Trinajstić information content (AvgIpc) is 2.81. The molecule has 1 heterocycles. The summed E-state index contributed by atoms with van der Waals surface area (Å²) in [5, 5.41) is 5.29. The molecule has 0 saturated carbocycles. The van der Waals surface area contributed by atoms with Crippen LogP contribution in [0.4, 0.5) is 0 Å². The first-order valence-corrected chi connectivity index (χ1v) is 9.54. The van der Waals surface area contributed by atoms with E-state index in [-0.39, 0.29) is 18.3 Å². The van der Waals surface area contributed by atoms with Crippen molar-refractivity contribution in [3.8, 4) is 0 Å². The minimum absolute atomic E-state index is 0.317. The van der Waals surface area contributed by atoms with Gasteiger partial charge in [0.1, 0.15) is 0 Å². The Morgan fingerprint density at radius 1 is 0.846 bits per heavy atom. The smallest absolute Gasteiger partial charge is 0.399 e. The molecule has 134 valence electrons. The van der Waals surface area contributed by atoms with Crippen LogP contribution in [0.3, 0.4) is 0 Å². The molecule has 2 nitrogen and oxygen atoms in total. The SMILES string of the molecule is CCc1cc(B2OC(C)(C)C(C)(C)O2)cc2ccc3cccc(C)c3c12. The zero-order valence-electron chi connectivity index (χ0n) is 16.6. The first-order chi connectivity index (χ1) is 12.2. The Hall–Kier alpha value is -1.84. The Morgan fingerprint density at radius 3 is 2.15 bits per heavy atom. The molecule has 0 amide bonds. The molecule has 3 heteroatoms. The molecule has 0 N–H and O–H groups in total. The third-order valence-electron chi connectivity index (χ3n) is 6.18. The normalized spacial score (nSPS) is 18.8. The highest BCUT2D eigenvalue weighted by Crippen LogP contribution is 2.37. The summed E-state index contributed by atoms with van der Waals surface area (Å²) in [6, 6.07) is 15.5. The van der Waals surface area contributed by atoms with Gasteiger partial charge in [-0.1, -0.05) is 49.4 Å². The lowest BCUT2D eigenvalue weighted by atomic mass is 9.76. The van der Waals surface area contributed by atoms with Crippen molar-refractivity contribution in [1.29, 1.82) is 0 Å². The molecule has 0 aromatic heterocycles. The van der Waals surface area contributed by atoms with Crippen molar-refractivity contribution in [3.05, 3.63) is 53.6 Å². The van der Waals surface area contributed by atoms with E-state index in [0.717, 1.165) is 11.9 Å². The summed E-state index contributed by atoms with van der Waals surface area (Å²) >= 11 is 0. The van der Waals surface area contributed by atoms with E-state index in [2.05, 4.69) is 84.0 Å². The van der Waals surface area contributed by atoms with Gasteiger partial charge in [0.25, 0.3) is 0 Å². The Balaban J connectivity index is 1.93. The molecule has 0 bridgehead atoms. The standard InChI is InChI=1S/C23H27BO2/c1-7-16-13-19(24-25-22(3,4)23(5,6)26-24)14-18-12-11-17-10-8-9-15(2)20(17)21(16)18/h8-14H,7H2,1-6H3. The minimum Gasteiger partial charge on any atom is -0.399 e. The van der Waals surface area contributed by atoms with Crippen LogP contribution in [0.25, 0.3) is 21.5 Å². The fourth-order valence-corrected chi connectivity index (χ4v) is 3.93. The summed E-state index contributed by atoms with van der Waals surface area (Å²) in [7, 11) is -0.317. The van der Waals surface area contributed by atoms with Crippen molar-refractivity contribution < 1.29 is 9.31 Å². The number of benzene rings is 3. The van der Waals surface area contributed by atoms with Crippen molar-refractivity contribution >= 4 is 34.1 Å². The van der Waals surface area contributed by atoms with Crippen LogP contribution in [0.2, 0.25) is 0 Å². The molecule has 0 aliphatic carbocycles. The Labute approximate surface area is 156 Å². The van der Waals surface area contributed by atoms with Crippen LogP contribution in [-0.2, 0) is 15.7 Å². The topological polar surface area (TPSA) is 18.5 Å². The molecule has 1 aliphatic rings. The minimum atomic E-state index is -0.320. The van der Waals surface area contributed by atoms with Gasteiger partial charge in [0.05, 0.1) is 11.2 Å². The molecular formula is C23H27BO2. The number of aryl methyl sites for hydroxylation is 2. The van der Waals surface area contributed by atoms with E-state index < -0.39 is 0 Å². The Morgan fingerprint density at radius 2 is 1.50 bits per heavy atom. The molecular weight excluding hydrogens is 319 g/mol. The van der Waals surface area contributed by atoms with Crippen LogP contribution in [0, 0.1) is 6.92 Å². The van der Waals surface area contributed by atoms with E-state index in [1.165, 1.54) is 32.7 Å². The monoisotopic (exact) mass is 346 g/mol. The highest BCUT2D eigenvalue weighted by molar-refractivity contribution is 6.62. The highest BCUT2D eigenvalue weighted by atomic mass is 16.7. The van der Waals surface area contributed by atoms with Crippen molar-refractivity contribution in [2.24, 2.45) is 0 Å². The zero-order chi connectivity index (χ0) is 18.7. The quantitative estimate of drug-likeness (QED) is 0.471. The molecule has 4 rings (SSSR count). The van der Waals surface area contributed by atoms with E-state index in [9.17, 15) is 0 Å². The van der Waals surface area contributed by atoms with Gasteiger partial charge in [-0.3, -0.25) is 0 Å². The summed E-state index contributed by atoms with van der Waals surface area (Å²) in [5.41, 5.74) is 3.15. The lowest BCUT2D eigenvalue weighted by molar-refractivity contribution is 0.00578. The van der Waals surface area contributed by atoms with Crippen LogP contribution in [0.15, 0.2) is 42.5 Å². The van der Waals surface area contributed by atoms with Crippen molar-refractivity contribution in [1.82, 2.24) is 0 Å². The second-order valence-electron chi connectivity index (χ2n) is 8.46. The van der Waals surface area contributed by atoms with Gasteiger partial charge in [-0.05, 0) is 79.2 Å². The average molecular weight is 346 g/mol. The maximum Gasteiger partial charge on any atom is 0.494 e. The molecule has 1 aliphatic heterocycles. The first kappa shape index (κ1) is 17.6. The van der Waals surface area contributed by atoms with E-state index in [4.69, 9.17) is 9.31 Å². The Kier molecular flexibility index (Phi) is 3.94. The number of hydrogen-bond donors (Lipinski definition) is 0. The summed E-state index contributed by atoms with van der Waals surface area (Å²) < 4.78 is 12.6. The maximum absolute atomic E-state index is 6.29. The van der Waals surface area contributed by atoms with E-state index >= 15 is 0 Å². The second-order valence-corrected chi connectivity index (χ2v) is 8.46. The lowest BCUT2D eigenvalue weighted by Crippen LogP contribution is -2.41. The van der Waals surface area contributed by atoms with E-state index in [1.807, 2.05) is 0 Å². The fourth-order valence-electron chi connectivity index (χ4n) is 3.93. The molecule has 0 radical (unpaired) electrons. The molecule has 0 atom stereocenters. The van der Waals surface area contributed by atoms with Gasteiger partial charge in [0, 0.05) is 0 Å². The predicted molar refractivity (Wildman–Crippen MR) is 111 cm³/mol. The van der Waals surface area contributed by atoms with Gasteiger partial charge in [-0.25, -0.2) is 0 Å². The van der Waals surface area contributed by atoms with Gasteiger partial charge in [-0.15, -0.1) is 0 Å². The van der Waals surface area contributed by atoms with Crippen molar-refractivity contribution in [2.45, 2.75) is 59.2 Å². The van der Waals surface area contributed by atoms with Gasteiger partial charge in [0.15, 0.2) is 0 Å². The molecule has 0 spiro atoms. The van der Waals surface area contributed by atoms with Crippen LogP contribution in [0.5, 0.6) is 0 Å². The number of fused-ring (bicyclic) bond motifs is 3. The third kappa shape index (κ3) is 2.57. The molecule has 3 aromatic carbocycles.